The summed E-state index contributed by atoms with van der Waals surface area (Å²) in [4.78, 5) is 16.5. The van der Waals surface area contributed by atoms with Crippen molar-refractivity contribution in [2.24, 2.45) is 0 Å². The molecule has 0 aliphatic carbocycles. The standard InChI is InChI=1S/C18H17FN2O3/c19-14-3-1-11(2-4-14)8-21-10-20-9-13-7-17(23)16(22)6-12(13)5-15(20)18(21)24/h1-4,6-7,15,22-23H,5,8-10H2/t15-/m0/s1. The fraction of sp³-hybridized carbons (Fsp3) is 0.278. The summed E-state index contributed by atoms with van der Waals surface area (Å²) >= 11 is 0. The molecule has 2 aliphatic rings. The maximum Gasteiger partial charge on any atom is 0.241 e. The van der Waals surface area contributed by atoms with Crippen molar-refractivity contribution in [3.05, 3.63) is 58.9 Å². The highest BCUT2D eigenvalue weighted by molar-refractivity contribution is 5.84. The highest BCUT2D eigenvalue weighted by Crippen LogP contribution is 2.35. The molecule has 1 saturated heterocycles. The highest BCUT2D eigenvalue weighted by atomic mass is 19.1. The van der Waals surface area contributed by atoms with Crippen molar-refractivity contribution in [3.8, 4) is 11.5 Å². The lowest BCUT2D eigenvalue weighted by molar-refractivity contribution is -0.129. The third-order valence-corrected chi connectivity index (χ3v) is 4.76. The Hall–Kier alpha value is -2.60. The third-order valence-electron chi connectivity index (χ3n) is 4.76. The number of phenols is 2. The third kappa shape index (κ3) is 2.49. The highest BCUT2D eigenvalue weighted by Gasteiger charge is 2.41. The Kier molecular flexibility index (Phi) is 3.42. The van der Waals surface area contributed by atoms with Crippen LogP contribution in [-0.4, -0.2) is 38.6 Å². The van der Waals surface area contributed by atoms with Gasteiger partial charge in [0.2, 0.25) is 5.91 Å². The molecular formula is C18H17FN2O3. The van der Waals surface area contributed by atoms with Gasteiger partial charge in [-0.2, -0.15) is 0 Å². The van der Waals surface area contributed by atoms with E-state index < -0.39 is 0 Å². The van der Waals surface area contributed by atoms with E-state index in [1.54, 1.807) is 23.1 Å². The molecular weight excluding hydrogens is 311 g/mol. The van der Waals surface area contributed by atoms with Gasteiger partial charge in [0.05, 0.1) is 12.7 Å². The second-order valence-electron chi connectivity index (χ2n) is 6.38. The van der Waals surface area contributed by atoms with Crippen LogP contribution in [0.15, 0.2) is 36.4 Å². The van der Waals surface area contributed by atoms with Crippen molar-refractivity contribution in [1.29, 1.82) is 0 Å². The number of carbonyl (C=O) groups excluding carboxylic acids is 1. The van der Waals surface area contributed by atoms with Crippen LogP contribution in [0.4, 0.5) is 4.39 Å². The minimum absolute atomic E-state index is 0.0394. The predicted octanol–water partition coefficient (Wildman–Crippen LogP) is 1.96. The fourth-order valence-electron chi connectivity index (χ4n) is 3.50. The first-order valence-electron chi connectivity index (χ1n) is 7.82. The minimum Gasteiger partial charge on any atom is -0.504 e. The Bertz CT molecular complexity index is 807. The molecule has 2 N–H and O–H groups in total. The lowest BCUT2D eigenvalue weighted by Crippen LogP contribution is -2.38. The average Bonchev–Trinajstić information content (AvgIpc) is 2.85. The van der Waals surface area contributed by atoms with Crippen LogP contribution in [0.25, 0.3) is 0 Å². The van der Waals surface area contributed by atoms with Crippen LogP contribution < -0.4 is 0 Å². The molecule has 2 aromatic rings. The van der Waals surface area contributed by atoms with Gasteiger partial charge in [-0.1, -0.05) is 12.1 Å². The smallest absolute Gasteiger partial charge is 0.241 e. The molecule has 2 heterocycles. The molecule has 1 amide bonds. The molecule has 24 heavy (non-hydrogen) atoms. The lowest BCUT2D eigenvalue weighted by Gasteiger charge is -2.28. The lowest BCUT2D eigenvalue weighted by atomic mass is 9.94. The Labute approximate surface area is 138 Å². The van der Waals surface area contributed by atoms with E-state index in [0.29, 0.717) is 26.2 Å². The van der Waals surface area contributed by atoms with Gasteiger partial charge in [-0.05, 0) is 47.4 Å². The number of halogens is 1. The molecule has 1 atom stereocenters. The molecule has 2 aliphatic heterocycles. The maximum atomic E-state index is 13.0. The van der Waals surface area contributed by atoms with Crippen molar-refractivity contribution < 1.29 is 19.4 Å². The number of amides is 1. The maximum absolute atomic E-state index is 13.0. The van der Waals surface area contributed by atoms with E-state index in [2.05, 4.69) is 4.90 Å². The van der Waals surface area contributed by atoms with Crippen LogP contribution in [0, 0.1) is 5.82 Å². The molecule has 2 aromatic carbocycles. The van der Waals surface area contributed by atoms with Gasteiger partial charge in [0.1, 0.15) is 5.82 Å². The van der Waals surface area contributed by atoms with Gasteiger partial charge in [-0.25, -0.2) is 4.39 Å². The largest absolute Gasteiger partial charge is 0.504 e. The first kappa shape index (κ1) is 15.0. The van der Waals surface area contributed by atoms with Gasteiger partial charge in [-0.3, -0.25) is 9.69 Å². The Morgan fingerprint density at radius 2 is 1.75 bits per heavy atom. The molecule has 0 spiro atoms. The van der Waals surface area contributed by atoms with E-state index >= 15 is 0 Å². The normalized spacial score (nSPS) is 20.1. The summed E-state index contributed by atoms with van der Waals surface area (Å²) in [6.07, 6.45) is 0.516. The predicted molar refractivity (Wildman–Crippen MR) is 84.6 cm³/mol. The van der Waals surface area contributed by atoms with Crippen molar-refractivity contribution in [2.75, 3.05) is 6.67 Å². The van der Waals surface area contributed by atoms with Crippen LogP contribution >= 0.6 is 0 Å². The second kappa shape index (κ2) is 5.49. The first-order valence-corrected chi connectivity index (χ1v) is 7.82. The van der Waals surface area contributed by atoms with E-state index in [1.165, 1.54) is 18.2 Å². The number of phenolic OH excluding ortho intramolecular Hbond substituents is 2. The van der Waals surface area contributed by atoms with E-state index in [4.69, 9.17) is 0 Å². The number of nitrogens with zero attached hydrogens (tertiary/aromatic N) is 2. The molecule has 4 rings (SSSR count). The number of hydrogen-bond acceptors (Lipinski definition) is 4. The quantitative estimate of drug-likeness (QED) is 0.827. The van der Waals surface area contributed by atoms with Gasteiger partial charge in [0.15, 0.2) is 11.5 Å². The van der Waals surface area contributed by atoms with Crippen molar-refractivity contribution in [1.82, 2.24) is 9.80 Å². The van der Waals surface area contributed by atoms with Crippen molar-refractivity contribution in [3.63, 3.8) is 0 Å². The molecule has 6 heteroatoms. The Balaban J connectivity index is 1.54. The molecule has 0 unspecified atom stereocenters. The summed E-state index contributed by atoms with van der Waals surface area (Å²) in [6.45, 7) is 1.50. The molecule has 0 bridgehead atoms. The summed E-state index contributed by atoms with van der Waals surface area (Å²) in [5, 5.41) is 19.3. The minimum atomic E-state index is -0.293. The zero-order valence-corrected chi connectivity index (χ0v) is 12.9. The fourth-order valence-corrected chi connectivity index (χ4v) is 3.50. The molecule has 1 fully saturated rings. The van der Waals surface area contributed by atoms with Gasteiger partial charge in [-0.15, -0.1) is 0 Å². The number of carbonyl (C=O) groups is 1. The van der Waals surface area contributed by atoms with Crippen LogP contribution in [-0.2, 0) is 24.3 Å². The van der Waals surface area contributed by atoms with Gasteiger partial charge < -0.3 is 15.1 Å². The van der Waals surface area contributed by atoms with Crippen LogP contribution in [0.5, 0.6) is 11.5 Å². The van der Waals surface area contributed by atoms with Crippen LogP contribution in [0.2, 0.25) is 0 Å². The van der Waals surface area contributed by atoms with Gasteiger partial charge in [0.25, 0.3) is 0 Å². The van der Waals surface area contributed by atoms with Gasteiger partial charge >= 0.3 is 0 Å². The number of fused-ring (bicyclic) bond motifs is 2. The molecule has 124 valence electrons. The number of rotatable bonds is 2. The number of aromatic hydroxyl groups is 2. The van der Waals surface area contributed by atoms with Gasteiger partial charge in [0, 0.05) is 13.1 Å². The molecule has 0 radical (unpaired) electrons. The molecule has 0 aromatic heterocycles. The summed E-state index contributed by atoms with van der Waals surface area (Å²) in [5.41, 5.74) is 2.71. The Morgan fingerprint density at radius 3 is 2.46 bits per heavy atom. The zero-order chi connectivity index (χ0) is 16.8. The second-order valence-corrected chi connectivity index (χ2v) is 6.38. The van der Waals surface area contributed by atoms with Crippen LogP contribution in [0.3, 0.4) is 0 Å². The molecule has 5 nitrogen and oxygen atoms in total. The first-order chi connectivity index (χ1) is 11.5. The summed E-state index contributed by atoms with van der Waals surface area (Å²) in [5.74, 6) is -0.548. The van der Waals surface area contributed by atoms with Crippen molar-refractivity contribution in [2.45, 2.75) is 25.6 Å². The van der Waals surface area contributed by atoms with E-state index in [9.17, 15) is 19.4 Å². The number of hydrogen-bond donors (Lipinski definition) is 2. The van der Waals surface area contributed by atoms with E-state index in [1.807, 2.05) is 0 Å². The zero-order valence-electron chi connectivity index (χ0n) is 12.9. The summed E-state index contributed by atoms with van der Waals surface area (Å²) < 4.78 is 13.0. The molecule has 0 saturated carbocycles. The average molecular weight is 328 g/mol. The summed E-state index contributed by atoms with van der Waals surface area (Å²) in [7, 11) is 0. The monoisotopic (exact) mass is 328 g/mol. The number of benzene rings is 2. The van der Waals surface area contributed by atoms with E-state index in [-0.39, 0.29) is 29.3 Å². The van der Waals surface area contributed by atoms with Crippen molar-refractivity contribution >= 4 is 5.91 Å². The SMILES string of the molecule is O=C1[C@@H]2Cc3cc(O)c(O)cc3CN2CN1Cc1ccc(F)cc1. The van der Waals surface area contributed by atoms with Crippen LogP contribution in [0.1, 0.15) is 16.7 Å². The topological polar surface area (TPSA) is 64.0 Å². The van der Waals surface area contributed by atoms with E-state index in [0.717, 1.165) is 16.7 Å². The summed E-state index contributed by atoms with van der Waals surface area (Å²) in [6, 6.07) is 9.01. The Morgan fingerprint density at radius 1 is 1.08 bits per heavy atom.